The Balaban J connectivity index is 2.50. The molecule has 0 saturated heterocycles. The predicted molar refractivity (Wildman–Crippen MR) is 89.4 cm³/mol. The average Bonchev–Trinajstić information content (AvgIpc) is 2.48. The number of allylic oxidation sites excluding steroid dienone is 1. The van der Waals surface area contributed by atoms with Gasteiger partial charge >= 0.3 is 12.0 Å². The van der Waals surface area contributed by atoms with Crippen LogP contribution in [0.4, 0.5) is 4.79 Å². The SMILES string of the molecule is CCC1=C(C(=O)OC(C)C)C(c2ccc(Cl)c(Cl)c2)NC(=O)N1. The van der Waals surface area contributed by atoms with E-state index >= 15 is 0 Å². The van der Waals surface area contributed by atoms with Crippen LogP contribution in [0.1, 0.15) is 38.8 Å². The molecule has 0 bridgehead atoms. The molecular weight excluding hydrogens is 339 g/mol. The Morgan fingerprint density at radius 3 is 2.57 bits per heavy atom. The van der Waals surface area contributed by atoms with Crippen molar-refractivity contribution < 1.29 is 14.3 Å². The number of benzene rings is 1. The van der Waals surface area contributed by atoms with Crippen LogP contribution in [0.2, 0.25) is 10.0 Å². The van der Waals surface area contributed by atoms with Crippen LogP contribution in [0, 0.1) is 0 Å². The van der Waals surface area contributed by atoms with E-state index in [2.05, 4.69) is 10.6 Å². The molecule has 1 heterocycles. The summed E-state index contributed by atoms with van der Waals surface area (Å²) in [5.41, 5.74) is 1.57. The summed E-state index contributed by atoms with van der Waals surface area (Å²) in [4.78, 5) is 24.4. The number of hydrogen-bond acceptors (Lipinski definition) is 3. The summed E-state index contributed by atoms with van der Waals surface area (Å²) in [6, 6.07) is 3.97. The molecule has 0 saturated carbocycles. The summed E-state index contributed by atoms with van der Waals surface area (Å²) >= 11 is 12.0. The zero-order chi connectivity index (χ0) is 17.1. The molecule has 23 heavy (non-hydrogen) atoms. The first-order valence-electron chi connectivity index (χ1n) is 7.30. The van der Waals surface area contributed by atoms with Crippen molar-refractivity contribution in [3.8, 4) is 0 Å². The number of carbonyl (C=O) groups is 2. The molecular formula is C16H18Cl2N2O3. The Labute approximate surface area is 145 Å². The van der Waals surface area contributed by atoms with E-state index in [-0.39, 0.29) is 12.1 Å². The molecule has 7 heteroatoms. The number of nitrogens with one attached hydrogen (secondary N) is 2. The lowest BCUT2D eigenvalue weighted by Gasteiger charge is -2.29. The van der Waals surface area contributed by atoms with Crippen LogP contribution < -0.4 is 10.6 Å². The molecule has 2 N–H and O–H groups in total. The summed E-state index contributed by atoms with van der Waals surface area (Å²) in [6.45, 7) is 5.40. The van der Waals surface area contributed by atoms with Crippen LogP contribution in [0.5, 0.6) is 0 Å². The molecule has 0 radical (unpaired) electrons. The van der Waals surface area contributed by atoms with E-state index < -0.39 is 12.0 Å². The Bertz CT molecular complexity index is 671. The molecule has 1 aromatic carbocycles. The Kier molecular flexibility index (Phi) is 5.55. The fraction of sp³-hybridized carbons (Fsp3) is 0.375. The maximum Gasteiger partial charge on any atom is 0.338 e. The normalized spacial score (nSPS) is 17.8. The number of amides is 2. The van der Waals surface area contributed by atoms with E-state index in [1.165, 1.54) is 0 Å². The van der Waals surface area contributed by atoms with Gasteiger partial charge in [-0.3, -0.25) is 0 Å². The van der Waals surface area contributed by atoms with Crippen molar-refractivity contribution in [1.82, 2.24) is 10.6 Å². The predicted octanol–water partition coefficient (Wildman–Crippen LogP) is 3.96. The van der Waals surface area contributed by atoms with E-state index in [1.807, 2.05) is 6.92 Å². The number of carbonyl (C=O) groups excluding carboxylic acids is 2. The summed E-state index contributed by atoms with van der Waals surface area (Å²) in [7, 11) is 0. The van der Waals surface area contributed by atoms with Crippen LogP contribution >= 0.6 is 23.2 Å². The van der Waals surface area contributed by atoms with E-state index in [1.54, 1.807) is 32.0 Å². The van der Waals surface area contributed by atoms with Crippen molar-refractivity contribution >= 4 is 35.2 Å². The van der Waals surface area contributed by atoms with Crippen molar-refractivity contribution in [2.24, 2.45) is 0 Å². The van der Waals surface area contributed by atoms with E-state index in [0.29, 0.717) is 33.3 Å². The summed E-state index contributed by atoms with van der Waals surface area (Å²) in [5.74, 6) is -0.472. The summed E-state index contributed by atoms with van der Waals surface area (Å²) < 4.78 is 5.32. The highest BCUT2D eigenvalue weighted by molar-refractivity contribution is 6.42. The second-order valence-corrected chi connectivity index (χ2v) is 6.22. The van der Waals surface area contributed by atoms with Gasteiger partial charge in [0.2, 0.25) is 0 Å². The first-order valence-corrected chi connectivity index (χ1v) is 8.05. The molecule has 1 aliphatic heterocycles. The number of urea groups is 1. The molecule has 0 fully saturated rings. The third-order valence-corrected chi connectivity index (χ3v) is 4.09. The number of halogens is 2. The van der Waals surface area contributed by atoms with Gasteiger partial charge in [-0.2, -0.15) is 0 Å². The van der Waals surface area contributed by atoms with Crippen LogP contribution in [0.3, 0.4) is 0 Å². The van der Waals surface area contributed by atoms with Gasteiger partial charge in [-0.15, -0.1) is 0 Å². The van der Waals surface area contributed by atoms with E-state index in [9.17, 15) is 9.59 Å². The first kappa shape index (κ1) is 17.6. The van der Waals surface area contributed by atoms with Crippen LogP contribution in [-0.2, 0) is 9.53 Å². The molecule has 0 aromatic heterocycles. The maximum atomic E-state index is 12.5. The highest BCUT2D eigenvalue weighted by Crippen LogP contribution is 2.32. The second-order valence-electron chi connectivity index (χ2n) is 5.40. The fourth-order valence-electron chi connectivity index (χ4n) is 2.36. The third-order valence-electron chi connectivity index (χ3n) is 3.35. The van der Waals surface area contributed by atoms with Gasteiger partial charge in [-0.25, -0.2) is 9.59 Å². The fourth-order valence-corrected chi connectivity index (χ4v) is 2.66. The van der Waals surface area contributed by atoms with Crippen molar-refractivity contribution in [1.29, 1.82) is 0 Å². The van der Waals surface area contributed by atoms with Gasteiger partial charge in [0, 0.05) is 5.70 Å². The average molecular weight is 357 g/mol. The molecule has 0 spiro atoms. The minimum absolute atomic E-state index is 0.264. The van der Waals surface area contributed by atoms with Gasteiger partial charge in [0.15, 0.2) is 0 Å². The lowest BCUT2D eigenvalue weighted by atomic mass is 9.94. The van der Waals surface area contributed by atoms with Gasteiger partial charge in [0.05, 0.1) is 27.8 Å². The largest absolute Gasteiger partial charge is 0.459 e. The minimum Gasteiger partial charge on any atom is -0.459 e. The van der Waals surface area contributed by atoms with Gasteiger partial charge < -0.3 is 15.4 Å². The Hall–Kier alpha value is -1.72. The second kappa shape index (κ2) is 7.23. The van der Waals surface area contributed by atoms with Crippen LogP contribution in [0.15, 0.2) is 29.5 Å². The number of ether oxygens (including phenoxy) is 1. The monoisotopic (exact) mass is 356 g/mol. The molecule has 5 nitrogen and oxygen atoms in total. The lowest BCUT2D eigenvalue weighted by Crippen LogP contribution is -2.46. The minimum atomic E-state index is -0.639. The highest BCUT2D eigenvalue weighted by Gasteiger charge is 2.33. The standard InChI is InChI=1S/C16H18Cl2N2O3/c1-4-12-13(15(21)23-8(2)3)14(20-16(22)19-12)9-5-6-10(17)11(18)7-9/h5-8,14H,4H2,1-3H3,(H2,19,20,22). The Morgan fingerprint density at radius 2 is 2.00 bits per heavy atom. The van der Waals surface area contributed by atoms with E-state index in [4.69, 9.17) is 27.9 Å². The van der Waals surface area contributed by atoms with E-state index in [0.717, 1.165) is 0 Å². The van der Waals surface area contributed by atoms with Crippen molar-refractivity contribution in [2.75, 3.05) is 0 Å². The number of rotatable bonds is 4. The zero-order valence-corrected chi connectivity index (χ0v) is 14.6. The van der Waals surface area contributed by atoms with Crippen molar-refractivity contribution in [2.45, 2.75) is 39.3 Å². The van der Waals surface area contributed by atoms with Crippen molar-refractivity contribution in [3.05, 3.63) is 45.1 Å². The first-order chi connectivity index (χ1) is 10.8. The quantitative estimate of drug-likeness (QED) is 0.802. The Morgan fingerprint density at radius 1 is 1.30 bits per heavy atom. The molecule has 2 rings (SSSR count). The zero-order valence-electron chi connectivity index (χ0n) is 13.1. The van der Waals surface area contributed by atoms with Crippen LogP contribution in [-0.4, -0.2) is 18.1 Å². The number of hydrogen-bond donors (Lipinski definition) is 2. The van der Waals surface area contributed by atoms with Gasteiger partial charge in [0.25, 0.3) is 0 Å². The number of esters is 1. The molecule has 1 unspecified atom stereocenters. The molecule has 0 aliphatic carbocycles. The molecule has 1 atom stereocenters. The summed E-state index contributed by atoms with van der Waals surface area (Å²) in [5, 5.41) is 6.16. The maximum absolute atomic E-state index is 12.5. The highest BCUT2D eigenvalue weighted by atomic mass is 35.5. The topological polar surface area (TPSA) is 67.4 Å². The third kappa shape index (κ3) is 3.98. The molecule has 1 aliphatic rings. The smallest absolute Gasteiger partial charge is 0.338 e. The molecule has 1 aromatic rings. The lowest BCUT2D eigenvalue weighted by molar-refractivity contribution is -0.143. The van der Waals surface area contributed by atoms with Crippen molar-refractivity contribution in [3.63, 3.8) is 0 Å². The van der Waals surface area contributed by atoms with Gasteiger partial charge in [-0.05, 0) is 38.0 Å². The summed E-state index contributed by atoms with van der Waals surface area (Å²) in [6.07, 6.45) is 0.230. The molecule has 124 valence electrons. The molecule has 2 amide bonds. The van der Waals surface area contributed by atoms with Crippen LogP contribution in [0.25, 0.3) is 0 Å². The van der Waals surface area contributed by atoms with Gasteiger partial charge in [0.1, 0.15) is 0 Å². The van der Waals surface area contributed by atoms with Gasteiger partial charge in [-0.1, -0.05) is 36.2 Å².